The minimum Gasteiger partial charge on any atom is -0.453 e. The largest absolute Gasteiger partial charge is 0.453 e. The quantitative estimate of drug-likeness (QED) is 0.851. The fourth-order valence-corrected chi connectivity index (χ4v) is 1.62. The van der Waals surface area contributed by atoms with Gasteiger partial charge in [-0.15, -0.1) is 0 Å². The maximum Gasteiger partial charge on any atom is 0.411 e. The second kappa shape index (κ2) is 5.16. The molecule has 2 rings (SSSR count). The summed E-state index contributed by atoms with van der Waals surface area (Å²) < 4.78 is 4.59. The van der Waals surface area contributed by atoms with Crippen molar-refractivity contribution in [3.63, 3.8) is 0 Å². The van der Waals surface area contributed by atoms with Gasteiger partial charge in [-0.2, -0.15) is 0 Å². The van der Waals surface area contributed by atoms with E-state index in [-0.39, 0.29) is 1.43 Å². The van der Waals surface area contributed by atoms with E-state index in [2.05, 4.69) is 10.1 Å². The lowest BCUT2D eigenvalue weighted by atomic mass is 10.0. The molecule has 0 radical (unpaired) electrons. The number of methoxy groups -OCH3 is 1. The molecule has 0 spiro atoms. The number of nitrogens with one attached hydrogen (secondary N) is 1. The van der Waals surface area contributed by atoms with Gasteiger partial charge < -0.3 is 4.74 Å². The Morgan fingerprint density at radius 3 is 2.41 bits per heavy atom. The SMILES string of the molecule is COC(=O)Nc1ccccc1-c1ccccc1.[HH]. The number of hydrogen-bond acceptors (Lipinski definition) is 2. The highest BCUT2D eigenvalue weighted by Crippen LogP contribution is 2.27. The standard InChI is InChI=1S/C14H13NO2.H2/c1-17-14(16)15-13-10-6-5-9-12(13)11-7-3-2-4-8-11;/h2-10H,1H3,(H,15,16);1H. The van der Waals surface area contributed by atoms with Crippen LogP contribution in [0.2, 0.25) is 0 Å². The Bertz CT molecular complexity index is 514. The zero-order valence-electron chi connectivity index (χ0n) is 9.51. The van der Waals surface area contributed by atoms with Gasteiger partial charge in [0.25, 0.3) is 0 Å². The van der Waals surface area contributed by atoms with Gasteiger partial charge in [-0.05, 0) is 11.6 Å². The van der Waals surface area contributed by atoms with Crippen LogP contribution >= 0.6 is 0 Å². The first kappa shape index (κ1) is 11.2. The van der Waals surface area contributed by atoms with E-state index < -0.39 is 6.09 Å². The molecule has 0 atom stereocenters. The van der Waals surface area contributed by atoms with Crippen molar-refractivity contribution in [3.05, 3.63) is 54.6 Å². The summed E-state index contributed by atoms with van der Waals surface area (Å²) in [4.78, 5) is 11.2. The summed E-state index contributed by atoms with van der Waals surface area (Å²) in [5, 5.41) is 2.70. The number of anilines is 1. The predicted octanol–water partition coefficient (Wildman–Crippen LogP) is 3.78. The van der Waals surface area contributed by atoms with E-state index in [1.165, 1.54) is 7.11 Å². The Morgan fingerprint density at radius 2 is 1.71 bits per heavy atom. The van der Waals surface area contributed by atoms with Crippen LogP contribution in [-0.2, 0) is 4.74 Å². The van der Waals surface area contributed by atoms with E-state index >= 15 is 0 Å². The molecule has 1 N–H and O–H groups in total. The number of hydrogen-bond donors (Lipinski definition) is 1. The Hall–Kier alpha value is -2.29. The Morgan fingerprint density at radius 1 is 1.06 bits per heavy atom. The molecule has 0 aromatic heterocycles. The van der Waals surface area contributed by atoms with Crippen LogP contribution in [0.3, 0.4) is 0 Å². The number of amides is 1. The zero-order chi connectivity index (χ0) is 12.1. The van der Waals surface area contributed by atoms with E-state index in [9.17, 15) is 4.79 Å². The number of rotatable bonds is 2. The zero-order valence-corrected chi connectivity index (χ0v) is 9.51. The fourth-order valence-electron chi connectivity index (χ4n) is 1.62. The minimum atomic E-state index is -0.464. The summed E-state index contributed by atoms with van der Waals surface area (Å²) >= 11 is 0. The molecule has 0 saturated heterocycles. The smallest absolute Gasteiger partial charge is 0.411 e. The van der Waals surface area contributed by atoms with Gasteiger partial charge in [0.1, 0.15) is 0 Å². The molecule has 0 fully saturated rings. The van der Waals surface area contributed by atoms with E-state index in [0.717, 1.165) is 16.8 Å². The lowest BCUT2D eigenvalue weighted by Crippen LogP contribution is -2.11. The number of benzene rings is 2. The molecule has 3 heteroatoms. The molecule has 17 heavy (non-hydrogen) atoms. The third-order valence-corrected chi connectivity index (χ3v) is 2.43. The van der Waals surface area contributed by atoms with Crippen LogP contribution in [0, 0.1) is 0 Å². The maximum absolute atomic E-state index is 11.2. The van der Waals surface area contributed by atoms with Crippen molar-refractivity contribution in [1.82, 2.24) is 0 Å². The maximum atomic E-state index is 11.2. The van der Waals surface area contributed by atoms with Crippen LogP contribution in [0.1, 0.15) is 1.43 Å². The minimum absolute atomic E-state index is 0. The molecule has 3 nitrogen and oxygen atoms in total. The molecule has 0 saturated carbocycles. The van der Waals surface area contributed by atoms with Crippen LogP contribution in [0.25, 0.3) is 11.1 Å². The lowest BCUT2D eigenvalue weighted by molar-refractivity contribution is 0.187. The summed E-state index contributed by atoms with van der Waals surface area (Å²) in [5.41, 5.74) is 2.77. The number of carbonyl (C=O) groups excluding carboxylic acids is 1. The molecule has 0 aliphatic rings. The van der Waals surface area contributed by atoms with Crippen LogP contribution < -0.4 is 5.32 Å². The molecule has 2 aromatic rings. The van der Waals surface area contributed by atoms with Crippen molar-refractivity contribution in [2.75, 3.05) is 12.4 Å². The van der Waals surface area contributed by atoms with Gasteiger partial charge in [0, 0.05) is 6.99 Å². The van der Waals surface area contributed by atoms with Crippen LogP contribution in [0.4, 0.5) is 10.5 Å². The molecule has 1 amide bonds. The highest BCUT2D eigenvalue weighted by atomic mass is 16.5. The number of carbonyl (C=O) groups is 1. The highest BCUT2D eigenvalue weighted by Gasteiger charge is 2.06. The van der Waals surface area contributed by atoms with Gasteiger partial charge in [-0.25, -0.2) is 4.79 Å². The fraction of sp³-hybridized carbons (Fsp3) is 0.0714. The average molecular weight is 229 g/mol. The number of para-hydroxylation sites is 1. The van der Waals surface area contributed by atoms with Gasteiger partial charge in [-0.3, -0.25) is 5.32 Å². The summed E-state index contributed by atoms with van der Waals surface area (Å²) in [6.45, 7) is 0. The lowest BCUT2D eigenvalue weighted by Gasteiger charge is -2.10. The molecule has 0 heterocycles. The van der Waals surface area contributed by atoms with E-state index in [1.54, 1.807) is 0 Å². The van der Waals surface area contributed by atoms with Crippen LogP contribution in [0.15, 0.2) is 54.6 Å². The third kappa shape index (κ3) is 2.64. The molecular weight excluding hydrogens is 214 g/mol. The van der Waals surface area contributed by atoms with Gasteiger partial charge in [-0.1, -0.05) is 48.5 Å². The predicted molar refractivity (Wildman–Crippen MR) is 70.0 cm³/mol. The summed E-state index contributed by atoms with van der Waals surface area (Å²) in [6, 6.07) is 17.5. The van der Waals surface area contributed by atoms with Crippen LogP contribution in [-0.4, -0.2) is 13.2 Å². The van der Waals surface area contributed by atoms with Crippen molar-refractivity contribution in [2.24, 2.45) is 0 Å². The molecule has 2 aromatic carbocycles. The van der Waals surface area contributed by atoms with Crippen molar-refractivity contribution in [3.8, 4) is 11.1 Å². The Balaban J connectivity index is 0.00000162. The second-order valence-electron chi connectivity index (χ2n) is 3.53. The highest BCUT2D eigenvalue weighted by molar-refractivity contribution is 5.91. The summed E-state index contributed by atoms with van der Waals surface area (Å²) in [7, 11) is 1.35. The first-order chi connectivity index (χ1) is 8.31. The first-order valence-corrected chi connectivity index (χ1v) is 5.30. The molecule has 88 valence electrons. The molecule has 0 bridgehead atoms. The molecule has 0 aliphatic carbocycles. The van der Waals surface area contributed by atoms with Gasteiger partial charge in [0.2, 0.25) is 0 Å². The Labute approximate surface area is 102 Å². The van der Waals surface area contributed by atoms with E-state index in [4.69, 9.17) is 0 Å². The van der Waals surface area contributed by atoms with Crippen LogP contribution in [0.5, 0.6) is 0 Å². The van der Waals surface area contributed by atoms with Crippen molar-refractivity contribution >= 4 is 11.8 Å². The molecule has 0 unspecified atom stereocenters. The average Bonchev–Trinajstić information content (AvgIpc) is 2.40. The van der Waals surface area contributed by atoms with Crippen molar-refractivity contribution in [2.45, 2.75) is 0 Å². The van der Waals surface area contributed by atoms with E-state index in [1.807, 2.05) is 54.6 Å². The third-order valence-electron chi connectivity index (χ3n) is 2.43. The topological polar surface area (TPSA) is 38.3 Å². The van der Waals surface area contributed by atoms with E-state index in [0.29, 0.717) is 0 Å². The summed E-state index contributed by atoms with van der Waals surface area (Å²) in [5.74, 6) is 0. The molecular formula is C14H15NO2. The summed E-state index contributed by atoms with van der Waals surface area (Å²) in [6.07, 6.45) is -0.464. The second-order valence-corrected chi connectivity index (χ2v) is 3.53. The molecule has 0 aliphatic heterocycles. The Kier molecular flexibility index (Phi) is 3.40. The van der Waals surface area contributed by atoms with Gasteiger partial charge in [0.15, 0.2) is 0 Å². The van der Waals surface area contributed by atoms with Gasteiger partial charge >= 0.3 is 6.09 Å². The van der Waals surface area contributed by atoms with Crippen molar-refractivity contribution < 1.29 is 11.0 Å². The van der Waals surface area contributed by atoms with Gasteiger partial charge in [0.05, 0.1) is 12.8 Å². The number of ether oxygens (including phenoxy) is 1. The monoisotopic (exact) mass is 229 g/mol. The normalized spacial score (nSPS) is 9.71. The first-order valence-electron chi connectivity index (χ1n) is 5.30. The van der Waals surface area contributed by atoms with Crippen molar-refractivity contribution in [1.29, 1.82) is 0 Å².